The summed E-state index contributed by atoms with van der Waals surface area (Å²) in [6.07, 6.45) is 1.55. The summed E-state index contributed by atoms with van der Waals surface area (Å²) >= 11 is 0. The molecule has 0 amide bonds. The standard InChI is InChI=1S/C22H26N4O/c23-20-14-19(21(24)22(25)26-20)18(16-9-5-2-6-10-16)12-11-17(27)13-15-7-3-1-4-8-15/h1-10,14,17-18,27H,11-13,24H2,(H4,23,25,26). The minimum absolute atomic E-state index is 0.00998. The Labute approximate surface area is 159 Å². The van der Waals surface area contributed by atoms with Gasteiger partial charge in [0, 0.05) is 5.92 Å². The number of nitrogens with two attached hydrogens (primary N) is 3. The summed E-state index contributed by atoms with van der Waals surface area (Å²) in [5, 5.41) is 10.5. The molecule has 0 saturated carbocycles. The maximum absolute atomic E-state index is 10.5. The average molecular weight is 362 g/mol. The average Bonchev–Trinajstić information content (AvgIpc) is 2.67. The van der Waals surface area contributed by atoms with Crippen molar-refractivity contribution in [3.63, 3.8) is 0 Å². The lowest BCUT2D eigenvalue weighted by Crippen LogP contribution is -2.15. The van der Waals surface area contributed by atoms with Gasteiger partial charge < -0.3 is 22.3 Å². The first-order valence-electron chi connectivity index (χ1n) is 9.13. The third-order valence-electron chi connectivity index (χ3n) is 4.82. The highest BCUT2D eigenvalue weighted by atomic mass is 16.3. The molecular formula is C22H26N4O. The van der Waals surface area contributed by atoms with Gasteiger partial charge in [0.1, 0.15) is 11.6 Å². The van der Waals surface area contributed by atoms with Crippen molar-refractivity contribution in [1.82, 2.24) is 4.98 Å². The van der Waals surface area contributed by atoms with Crippen molar-refractivity contribution in [2.75, 3.05) is 17.2 Å². The molecule has 0 saturated heterocycles. The summed E-state index contributed by atoms with van der Waals surface area (Å²) in [6, 6.07) is 21.9. The molecule has 27 heavy (non-hydrogen) atoms. The van der Waals surface area contributed by atoms with Crippen LogP contribution in [0.1, 0.15) is 35.4 Å². The third-order valence-corrected chi connectivity index (χ3v) is 4.82. The van der Waals surface area contributed by atoms with Crippen molar-refractivity contribution in [3.05, 3.63) is 83.4 Å². The number of nitrogens with zero attached hydrogens (tertiary/aromatic N) is 1. The van der Waals surface area contributed by atoms with Crippen molar-refractivity contribution in [2.24, 2.45) is 0 Å². The lowest BCUT2D eigenvalue weighted by Gasteiger charge is -2.22. The molecule has 2 aromatic carbocycles. The van der Waals surface area contributed by atoms with Gasteiger partial charge in [-0.3, -0.25) is 0 Å². The van der Waals surface area contributed by atoms with Gasteiger partial charge in [-0.05, 0) is 42.0 Å². The molecular weight excluding hydrogens is 336 g/mol. The van der Waals surface area contributed by atoms with Crippen LogP contribution < -0.4 is 17.2 Å². The van der Waals surface area contributed by atoms with E-state index in [1.807, 2.05) is 48.5 Å². The highest BCUT2D eigenvalue weighted by Gasteiger charge is 2.21. The zero-order valence-corrected chi connectivity index (χ0v) is 15.3. The van der Waals surface area contributed by atoms with E-state index >= 15 is 0 Å². The first-order valence-corrected chi connectivity index (χ1v) is 9.13. The molecule has 5 heteroatoms. The van der Waals surface area contributed by atoms with Crippen LogP contribution in [0.3, 0.4) is 0 Å². The lowest BCUT2D eigenvalue weighted by molar-refractivity contribution is 0.160. The molecule has 2 atom stereocenters. The maximum atomic E-state index is 10.5. The van der Waals surface area contributed by atoms with E-state index < -0.39 is 6.10 Å². The predicted molar refractivity (Wildman–Crippen MR) is 111 cm³/mol. The van der Waals surface area contributed by atoms with E-state index in [0.29, 0.717) is 24.3 Å². The highest BCUT2D eigenvalue weighted by molar-refractivity contribution is 5.68. The van der Waals surface area contributed by atoms with Gasteiger partial charge in [0.2, 0.25) is 0 Å². The van der Waals surface area contributed by atoms with E-state index in [4.69, 9.17) is 17.2 Å². The number of pyridine rings is 1. The Bertz CT molecular complexity index is 868. The first kappa shape index (κ1) is 18.7. The van der Waals surface area contributed by atoms with Crippen LogP contribution in [0.2, 0.25) is 0 Å². The van der Waals surface area contributed by atoms with E-state index in [1.54, 1.807) is 6.07 Å². The zero-order chi connectivity index (χ0) is 19.2. The van der Waals surface area contributed by atoms with E-state index in [0.717, 1.165) is 23.1 Å². The minimum atomic E-state index is -0.434. The molecule has 2 unspecified atom stereocenters. The second-order valence-electron chi connectivity index (χ2n) is 6.82. The van der Waals surface area contributed by atoms with Gasteiger partial charge in [0.25, 0.3) is 0 Å². The van der Waals surface area contributed by atoms with Gasteiger partial charge in [-0.1, -0.05) is 60.7 Å². The van der Waals surface area contributed by atoms with Crippen molar-refractivity contribution < 1.29 is 5.11 Å². The van der Waals surface area contributed by atoms with Crippen molar-refractivity contribution in [3.8, 4) is 0 Å². The second-order valence-corrected chi connectivity index (χ2v) is 6.82. The smallest absolute Gasteiger partial charge is 0.149 e. The van der Waals surface area contributed by atoms with Crippen LogP contribution in [-0.4, -0.2) is 16.2 Å². The van der Waals surface area contributed by atoms with Crippen molar-refractivity contribution in [1.29, 1.82) is 0 Å². The lowest BCUT2D eigenvalue weighted by atomic mass is 9.85. The molecule has 5 nitrogen and oxygen atoms in total. The fourth-order valence-corrected chi connectivity index (χ4v) is 3.44. The Hall–Kier alpha value is -3.05. The van der Waals surface area contributed by atoms with Crippen LogP contribution >= 0.6 is 0 Å². The Balaban J connectivity index is 1.81. The predicted octanol–water partition coefficient (Wildman–Crippen LogP) is 3.34. The summed E-state index contributed by atoms with van der Waals surface area (Å²) in [4.78, 5) is 4.04. The molecule has 0 aliphatic rings. The molecule has 0 radical (unpaired) electrons. The van der Waals surface area contributed by atoms with Crippen LogP contribution in [0, 0.1) is 0 Å². The number of anilines is 3. The van der Waals surface area contributed by atoms with Gasteiger partial charge in [-0.15, -0.1) is 0 Å². The van der Waals surface area contributed by atoms with E-state index in [-0.39, 0.29) is 11.7 Å². The van der Waals surface area contributed by atoms with Crippen LogP contribution in [0.25, 0.3) is 0 Å². The minimum Gasteiger partial charge on any atom is -0.396 e. The fraction of sp³-hybridized carbons (Fsp3) is 0.227. The Morgan fingerprint density at radius 1 is 0.852 bits per heavy atom. The van der Waals surface area contributed by atoms with Crippen molar-refractivity contribution in [2.45, 2.75) is 31.3 Å². The van der Waals surface area contributed by atoms with Crippen LogP contribution in [-0.2, 0) is 6.42 Å². The Kier molecular flexibility index (Phi) is 5.94. The number of aliphatic hydroxyl groups excluding tert-OH is 1. The molecule has 0 aliphatic carbocycles. The van der Waals surface area contributed by atoms with Gasteiger partial charge in [0.15, 0.2) is 0 Å². The Morgan fingerprint density at radius 2 is 1.48 bits per heavy atom. The SMILES string of the molecule is Nc1cc(C(CCC(O)Cc2ccccc2)c2ccccc2)c(N)c(N)n1. The number of nitrogen functional groups attached to an aromatic ring is 3. The van der Waals surface area contributed by atoms with Gasteiger partial charge in [0.05, 0.1) is 11.8 Å². The first-order chi connectivity index (χ1) is 13.0. The molecule has 0 aliphatic heterocycles. The summed E-state index contributed by atoms with van der Waals surface area (Å²) in [7, 11) is 0. The molecule has 0 fully saturated rings. The van der Waals surface area contributed by atoms with Gasteiger partial charge in [-0.25, -0.2) is 4.98 Å². The summed E-state index contributed by atoms with van der Waals surface area (Å²) in [5.41, 5.74) is 21.6. The maximum Gasteiger partial charge on any atom is 0.149 e. The molecule has 3 rings (SSSR count). The largest absolute Gasteiger partial charge is 0.396 e. The fourth-order valence-electron chi connectivity index (χ4n) is 3.44. The normalized spacial score (nSPS) is 13.2. The molecule has 7 N–H and O–H groups in total. The molecule has 0 bridgehead atoms. The number of aromatic nitrogens is 1. The number of benzene rings is 2. The number of rotatable bonds is 7. The van der Waals surface area contributed by atoms with Gasteiger partial charge >= 0.3 is 0 Å². The number of hydrogen-bond acceptors (Lipinski definition) is 5. The van der Waals surface area contributed by atoms with Gasteiger partial charge in [-0.2, -0.15) is 0 Å². The van der Waals surface area contributed by atoms with Crippen LogP contribution in [0.5, 0.6) is 0 Å². The molecule has 1 aromatic heterocycles. The number of aliphatic hydroxyl groups is 1. The quantitative estimate of drug-likeness (QED) is 0.515. The molecule has 0 spiro atoms. The molecule has 1 heterocycles. The highest BCUT2D eigenvalue weighted by Crippen LogP contribution is 2.36. The Morgan fingerprint density at radius 3 is 2.15 bits per heavy atom. The third kappa shape index (κ3) is 4.77. The van der Waals surface area contributed by atoms with Crippen LogP contribution in [0.4, 0.5) is 17.3 Å². The topological polar surface area (TPSA) is 111 Å². The molecule has 3 aromatic rings. The van der Waals surface area contributed by atoms with E-state index in [9.17, 15) is 5.11 Å². The monoisotopic (exact) mass is 362 g/mol. The van der Waals surface area contributed by atoms with E-state index in [1.165, 1.54) is 0 Å². The van der Waals surface area contributed by atoms with Crippen molar-refractivity contribution >= 4 is 17.3 Å². The second kappa shape index (κ2) is 8.56. The summed E-state index contributed by atoms with van der Waals surface area (Å²) in [6.45, 7) is 0. The summed E-state index contributed by atoms with van der Waals surface area (Å²) in [5.74, 6) is 0.586. The van der Waals surface area contributed by atoms with E-state index in [2.05, 4.69) is 17.1 Å². The summed E-state index contributed by atoms with van der Waals surface area (Å²) < 4.78 is 0. The van der Waals surface area contributed by atoms with Crippen LogP contribution in [0.15, 0.2) is 66.7 Å². The number of hydrogen-bond donors (Lipinski definition) is 4. The molecule has 140 valence electrons. The zero-order valence-electron chi connectivity index (χ0n) is 15.3.